The summed E-state index contributed by atoms with van der Waals surface area (Å²) in [4.78, 5) is 12.2. The maximum atomic E-state index is 12.2. The highest BCUT2D eigenvalue weighted by atomic mass is 16.1. The first-order valence-electron chi connectivity index (χ1n) is 6.21. The van der Waals surface area contributed by atoms with Crippen LogP contribution in [-0.4, -0.2) is 4.57 Å². The largest absolute Gasteiger partial charge is 0.344 e. The molecule has 2 nitrogen and oxygen atoms in total. The molecule has 1 heterocycles. The minimum atomic E-state index is 0.181. The lowest BCUT2D eigenvalue weighted by atomic mass is 10.0. The van der Waals surface area contributed by atoms with E-state index in [1.165, 1.54) is 24.0 Å². The van der Waals surface area contributed by atoms with E-state index in [4.69, 9.17) is 0 Å². The first-order valence-corrected chi connectivity index (χ1v) is 6.21. The summed E-state index contributed by atoms with van der Waals surface area (Å²) in [7, 11) is 0. The molecule has 1 fully saturated rings. The topological polar surface area (TPSA) is 22.0 Å². The highest BCUT2D eigenvalue weighted by Crippen LogP contribution is 2.37. The normalized spacial score (nSPS) is 15.5. The third-order valence-corrected chi connectivity index (χ3v) is 3.84. The van der Waals surface area contributed by atoms with Gasteiger partial charge < -0.3 is 4.57 Å². The van der Waals surface area contributed by atoms with E-state index in [2.05, 4.69) is 24.5 Å². The Hall–Kier alpha value is -1.57. The zero-order valence-electron chi connectivity index (χ0n) is 10.6. The summed E-state index contributed by atoms with van der Waals surface area (Å²) < 4.78 is 2.31. The number of hydrogen-bond donors (Lipinski definition) is 0. The molecular formula is C15H17NO. The van der Waals surface area contributed by atoms with Crippen molar-refractivity contribution in [2.75, 3.05) is 0 Å². The molecular weight excluding hydrogens is 210 g/mol. The minimum Gasteiger partial charge on any atom is -0.344 e. The summed E-state index contributed by atoms with van der Waals surface area (Å²) in [5, 5.41) is 0.875. The number of aromatic nitrogens is 1. The van der Waals surface area contributed by atoms with E-state index in [1.54, 1.807) is 0 Å². The van der Waals surface area contributed by atoms with Crippen LogP contribution in [0, 0.1) is 20.8 Å². The zero-order chi connectivity index (χ0) is 12.2. The lowest BCUT2D eigenvalue weighted by molar-refractivity contribution is 0.759. The van der Waals surface area contributed by atoms with Crippen LogP contribution in [0.5, 0.6) is 0 Å². The van der Waals surface area contributed by atoms with Crippen molar-refractivity contribution in [3.63, 3.8) is 0 Å². The van der Waals surface area contributed by atoms with Gasteiger partial charge >= 0.3 is 0 Å². The smallest absolute Gasteiger partial charge is 0.192 e. The van der Waals surface area contributed by atoms with Crippen LogP contribution >= 0.6 is 0 Å². The van der Waals surface area contributed by atoms with Gasteiger partial charge in [0.1, 0.15) is 0 Å². The number of pyridine rings is 1. The van der Waals surface area contributed by atoms with E-state index in [0.717, 1.165) is 16.5 Å². The van der Waals surface area contributed by atoms with Crippen molar-refractivity contribution in [1.82, 2.24) is 4.57 Å². The third-order valence-electron chi connectivity index (χ3n) is 3.84. The predicted octanol–water partition coefficient (Wildman–Crippen LogP) is 3.26. The maximum Gasteiger partial charge on any atom is 0.192 e. The molecule has 1 aliphatic rings. The second kappa shape index (κ2) is 3.46. The average Bonchev–Trinajstić information content (AvgIpc) is 3.12. The number of fused-ring (bicyclic) bond motifs is 1. The SMILES string of the molecule is Cc1ccc2c(=O)c(C)cn(C3CC3)c2c1C. The summed E-state index contributed by atoms with van der Waals surface area (Å²) in [6.45, 7) is 6.14. The molecule has 2 heteroatoms. The van der Waals surface area contributed by atoms with E-state index >= 15 is 0 Å². The molecule has 0 atom stereocenters. The summed E-state index contributed by atoms with van der Waals surface area (Å²) in [6.07, 6.45) is 4.52. The summed E-state index contributed by atoms with van der Waals surface area (Å²) >= 11 is 0. The van der Waals surface area contributed by atoms with Crippen molar-refractivity contribution >= 4 is 10.9 Å². The van der Waals surface area contributed by atoms with Gasteiger partial charge in [-0.15, -0.1) is 0 Å². The number of nitrogens with zero attached hydrogens (tertiary/aromatic N) is 1. The van der Waals surface area contributed by atoms with Crippen LogP contribution in [0.25, 0.3) is 10.9 Å². The Morgan fingerprint density at radius 3 is 2.47 bits per heavy atom. The Bertz CT molecular complexity index is 663. The molecule has 88 valence electrons. The Labute approximate surface area is 101 Å². The van der Waals surface area contributed by atoms with Gasteiger partial charge in [-0.2, -0.15) is 0 Å². The molecule has 0 radical (unpaired) electrons. The lowest BCUT2D eigenvalue weighted by Gasteiger charge is -2.15. The molecule has 0 N–H and O–H groups in total. The first-order chi connectivity index (χ1) is 8.09. The molecule has 0 amide bonds. The first kappa shape index (κ1) is 10.6. The molecule has 0 saturated heterocycles. The standard InChI is InChI=1S/C15H17NO/c1-9-4-7-13-14(11(9)3)16(12-5-6-12)8-10(2)15(13)17/h4,7-8,12H,5-6H2,1-3H3. The van der Waals surface area contributed by atoms with Crippen LogP contribution in [0.2, 0.25) is 0 Å². The van der Waals surface area contributed by atoms with E-state index in [0.29, 0.717) is 6.04 Å². The van der Waals surface area contributed by atoms with Gasteiger partial charge in [-0.25, -0.2) is 0 Å². The number of rotatable bonds is 1. The summed E-state index contributed by atoms with van der Waals surface area (Å²) in [6, 6.07) is 4.64. The van der Waals surface area contributed by atoms with Crippen molar-refractivity contribution < 1.29 is 0 Å². The zero-order valence-corrected chi connectivity index (χ0v) is 10.6. The van der Waals surface area contributed by atoms with Crippen LogP contribution in [0.3, 0.4) is 0 Å². The van der Waals surface area contributed by atoms with Crippen molar-refractivity contribution in [3.8, 4) is 0 Å². The molecule has 1 aromatic carbocycles. The molecule has 0 bridgehead atoms. The molecule has 2 aromatic rings. The van der Waals surface area contributed by atoms with Crippen molar-refractivity contribution in [2.24, 2.45) is 0 Å². The minimum absolute atomic E-state index is 0.181. The van der Waals surface area contributed by atoms with E-state index in [-0.39, 0.29) is 5.43 Å². The van der Waals surface area contributed by atoms with Crippen LogP contribution in [0.4, 0.5) is 0 Å². The second-order valence-electron chi connectivity index (χ2n) is 5.18. The van der Waals surface area contributed by atoms with E-state index in [1.807, 2.05) is 19.2 Å². The summed E-state index contributed by atoms with van der Waals surface area (Å²) in [5.41, 5.74) is 4.68. The molecule has 1 aromatic heterocycles. The molecule has 0 aliphatic heterocycles. The van der Waals surface area contributed by atoms with Gasteiger partial charge in [0.05, 0.1) is 5.52 Å². The molecule has 0 unspecified atom stereocenters. The fourth-order valence-corrected chi connectivity index (χ4v) is 2.50. The molecule has 1 saturated carbocycles. The Morgan fingerprint density at radius 2 is 1.82 bits per heavy atom. The van der Waals surface area contributed by atoms with Crippen LogP contribution in [0.15, 0.2) is 23.1 Å². The lowest BCUT2D eigenvalue weighted by Crippen LogP contribution is -2.13. The third kappa shape index (κ3) is 1.51. The van der Waals surface area contributed by atoms with Crippen molar-refractivity contribution in [2.45, 2.75) is 39.7 Å². The van der Waals surface area contributed by atoms with Gasteiger partial charge in [0, 0.05) is 23.2 Å². The van der Waals surface area contributed by atoms with E-state index < -0.39 is 0 Å². The van der Waals surface area contributed by atoms with Crippen molar-refractivity contribution in [3.05, 3.63) is 45.2 Å². The highest BCUT2D eigenvalue weighted by Gasteiger charge is 2.25. The van der Waals surface area contributed by atoms with Gasteiger partial charge in [0.2, 0.25) is 0 Å². The molecule has 17 heavy (non-hydrogen) atoms. The summed E-state index contributed by atoms with van der Waals surface area (Å²) in [5.74, 6) is 0. The quantitative estimate of drug-likeness (QED) is 0.733. The molecule has 0 spiro atoms. The number of benzene rings is 1. The van der Waals surface area contributed by atoms with Gasteiger partial charge in [-0.1, -0.05) is 6.07 Å². The monoisotopic (exact) mass is 227 g/mol. The Balaban J connectivity index is 2.51. The van der Waals surface area contributed by atoms with E-state index in [9.17, 15) is 4.79 Å². The Morgan fingerprint density at radius 1 is 1.12 bits per heavy atom. The van der Waals surface area contributed by atoms with Crippen LogP contribution in [0.1, 0.15) is 35.6 Å². The molecule has 3 rings (SSSR count). The number of aryl methyl sites for hydroxylation is 3. The maximum absolute atomic E-state index is 12.2. The van der Waals surface area contributed by atoms with Gasteiger partial charge in [-0.3, -0.25) is 4.79 Å². The fraction of sp³-hybridized carbons (Fsp3) is 0.400. The fourth-order valence-electron chi connectivity index (χ4n) is 2.50. The highest BCUT2D eigenvalue weighted by molar-refractivity contribution is 5.84. The van der Waals surface area contributed by atoms with Gasteiger partial charge in [-0.05, 0) is 50.8 Å². The van der Waals surface area contributed by atoms with Crippen molar-refractivity contribution in [1.29, 1.82) is 0 Å². The molecule has 1 aliphatic carbocycles. The number of hydrogen-bond acceptors (Lipinski definition) is 1. The van der Waals surface area contributed by atoms with Gasteiger partial charge in [0.15, 0.2) is 5.43 Å². The van der Waals surface area contributed by atoms with Crippen LogP contribution in [-0.2, 0) is 0 Å². The predicted molar refractivity (Wildman–Crippen MR) is 70.7 cm³/mol. The van der Waals surface area contributed by atoms with Crippen LogP contribution < -0.4 is 5.43 Å². The van der Waals surface area contributed by atoms with Gasteiger partial charge in [0.25, 0.3) is 0 Å². The second-order valence-corrected chi connectivity index (χ2v) is 5.18. The average molecular weight is 227 g/mol. The Kier molecular flexibility index (Phi) is 2.15.